The van der Waals surface area contributed by atoms with Crippen molar-refractivity contribution in [3.05, 3.63) is 0 Å². The monoisotopic (exact) mass is 256 g/mol. The Hall–Kier alpha value is -0.610. The van der Waals surface area contributed by atoms with E-state index in [-0.39, 0.29) is 12.0 Å². The number of nitrogens with two attached hydrogens (primary N) is 1. The van der Waals surface area contributed by atoms with Crippen LogP contribution < -0.4 is 5.73 Å². The van der Waals surface area contributed by atoms with E-state index in [1.165, 1.54) is 0 Å². The summed E-state index contributed by atoms with van der Waals surface area (Å²) in [6.45, 7) is 7.33. The van der Waals surface area contributed by atoms with Crippen LogP contribution in [0.3, 0.4) is 0 Å². The average Bonchev–Trinajstić information content (AvgIpc) is 2.42. The van der Waals surface area contributed by atoms with Crippen molar-refractivity contribution in [2.75, 3.05) is 26.2 Å². The summed E-state index contributed by atoms with van der Waals surface area (Å²) in [5.74, 6) is 0.700. The molecule has 0 aromatic heterocycles. The highest BCUT2D eigenvalue weighted by Crippen LogP contribution is 2.16. The molecule has 0 aromatic carbocycles. The van der Waals surface area contributed by atoms with Crippen LogP contribution in [0, 0.1) is 5.92 Å². The molecule has 4 nitrogen and oxygen atoms in total. The molecule has 4 heteroatoms. The zero-order valence-corrected chi connectivity index (χ0v) is 11.9. The zero-order valence-electron chi connectivity index (χ0n) is 11.9. The third-order valence-corrected chi connectivity index (χ3v) is 3.54. The SMILES string of the molecule is CCCOC1CCCN(C(=O)CCC(C)CN)C1. The summed E-state index contributed by atoms with van der Waals surface area (Å²) in [5.41, 5.74) is 5.57. The topological polar surface area (TPSA) is 55.6 Å². The van der Waals surface area contributed by atoms with Gasteiger partial charge in [-0.3, -0.25) is 4.79 Å². The summed E-state index contributed by atoms with van der Waals surface area (Å²) in [6.07, 6.45) is 4.95. The largest absolute Gasteiger partial charge is 0.376 e. The van der Waals surface area contributed by atoms with Crippen LogP contribution in [-0.2, 0) is 9.53 Å². The quantitative estimate of drug-likeness (QED) is 0.755. The van der Waals surface area contributed by atoms with E-state index in [2.05, 4.69) is 13.8 Å². The van der Waals surface area contributed by atoms with Gasteiger partial charge in [0.25, 0.3) is 0 Å². The first kappa shape index (κ1) is 15.4. The second kappa shape index (κ2) is 8.48. The second-order valence-electron chi connectivity index (χ2n) is 5.35. The molecule has 1 saturated heterocycles. The van der Waals surface area contributed by atoms with E-state index in [0.717, 1.165) is 45.4 Å². The van der Waals surface area contributed by atoms with E-state index in [4.69, 9.17) is 10.5 Å². The zero-order chi connectivity index (χ0) is 13.4. The highest BCUT2D eigenvalue weighted by Gasteiger charge is 2.23. The summed E-state index contributed by atoms with van der Waals surface area (Å²) in [7, 11) is 0. The summed E-state index contributed by atoms with van der Waals surface area (Å²) in [4.78, 5) is 14.0. The lowest BCUT2D eigenvalue weighted by Crippen LogP contribution is -2.43. The molecule has 0 aromatic rings. The Labute approximate surface area is 111 Å². The number of amides is 1. The molecule has 1 heterocycles. The molecule has 0 spiro atoms. The Morgan fingerprint density at radius 3 is 3.00 bits per heavy atom. The maximum absolute atomic E-state index is 12.1. The number of piperidine rings is 1. The highest BCUT2D eigenvalue weighted by molar-refractivity contribution is 5.76. The smallest absolute Gasteiger partial charge is 0.222 e. The Balaban J connectivity index is 2.29. The summed E-state index contributed by atoms with van der Waals surface area (Å²) in [5, 5.41) is 0. The molecule has 0 aliphatic carbocycles. The van der Waals surface area contributed by atoms with Gasteiger partial charge in [-0.2, -0.15) is 0 Å². The highest BCUT2D eigenvalue weighted by atomic mass is 16.5. The van der Waals surface area contributed by atoms with E-state index in [1.807, 2.05) is 4.90 Å². The second-order valence-corrected chi connectivity index (χ2v) is 5.35. The maximum atomic E-state index is 12.1. The van der Waals surface area contributed by atoms with Crippen molar-refractivity contribution in [1.82, 2.24) is 4.90 Å². The van der Waals surface area contributed by atoms with E-state index in [1.54, 1.807) is 0 Å². The van der Waals surface area contributed by atoms with Crippen molar-refractivity contribution in [3.8, 4) is 0 Å². The number of likely N-dealkylation sites (tertiary alicyclic amines) is 1. The van der Waals surface area contributed by atoms with Gasteiger partial charge in [0, 0.05) is 26.1 Å². The first-order valence-electron chi connectivity index (χ1n) is 7.26. The minimum Gasteiger partial charge on any atom is -0.376 e. The van der Waals surface area contributed by atoms with Crippen LogP contribution in [0.5, 0.6) is 0 Å². The minimum absolute atomic E-state index is 0.245. The molecule has 2 N–H and O–H groups in total. The third kappa shape index (κ3) is 5.36. The van der Waals surface area contributed by atoms with Gasteiger partial charge >= 0.3 is 0 Å². The van der Waals surface area contributed by atoms with Crippen LogP contribution in [0.1, 0.15) is 46.0 Å². The van der Waals surface area contributed by atoms with E-state index < -0.39 is 0 Å². The van der Waals surface area contributed by atoms with Crippen molar-refractivity contribution in [3.63, 3.8) is 0 Å². The van der Waals surface area contributed by atoms with Gasteiger partial charge in [-0.15, -0.1) is 0 Å². The molecule has 0 radical (unpaired) electrons. The fourth-order valence-electron chi connectivity index (χ4n) is 2.23. The molecule has 1 aliphatic heterocycles. The normalized spacial score (nSPS) is 21.9. The number of nitrogens with zero attached hydrogens (tertiary/aromatic N) is 1. The van der Waals surface area contributed by atoms with E-state index >= 15 is 0 Å². The van der Waals surface area contributed by atoms with Crippen LogP contribution in [0.15, 0.2) is 0 Å². The number of ether oxygens (including phenoxy) is 1. The third-order valence-electron chi connectivity index (χ3n) is 3.54. The van der Waals surface area contributed by atoms with Gasteiger partial charge < -0.3 is 15.4 Å². The van der Waals surface area contributed by atoms with E-state index in [0.29, 0.717) is 18.9 Å². The Kier molecular flexibility index (Phi) is 7.28. The fraction of sp³-hybridized carbons (Fsp3) is 0.929. The summed E-state index contributed by atoms with van der Waals surface area (Å²) >= 11 is 0. The first-order valence-corrected chi connectivity index (χ1v) is 7.26. The van der Waals surface area contributed by atoms with Crippen LogP contribution >= 0.6 is 0 Å². The summed E-state index contributed by atoms with van der Waals surface area (Å²) in [6, 6.07) is 0. The van der Waals surface area contributed by atoms with Gasteiger partial charge in [-0.05, 0) is 38.1 Å². The molecule has 18 heavy (non-hydrogen) atoms. The van der Waals surface area contributed by atoms with Crippen molar-refractivity contribution < 1.29 is 9.53 Å². The van der Waals surface area contributed by atoms with Crippen molar-refractivity contribution >= 4 is 5.91 Å². The first-order chi connectivity index (χ1) is 8.67. The van der Waals surface area contributed by atoms with Gasteiger partial charge in [0.2, 0.25) is 5.91 Å². The molecule has 1 rings (SSSR count). The van der Waals surface area contributed by atoms with Crippen LogP contribution in [0.2, 0.25) is 0 Å². The molecular weight excluding hydrogens is 228 g/mol. The summed E-state index contributed by atoms with van der Waals surface area (Å²) < 4.78 is 5.75. The van der Waals surface area contributed by atoms with Gasteiger partial charge in [0.15, 0.2) is 0 Å². The van der Waals surface area contributed by atoms with Gasteiger partial charge in [-0.1, -0.05) is 13.8 Å². The number of hydrogen-bond donors (Lipinski definition) is 1. The molecule has 1 amide bonds. The molecule has 0 saturated carbocycles. The van der Waals surface area contributed by atoms with Gasteiger partial charge in [-0.25, -0.2) is 0 Å². The Morgan fingerprint density at radius 2 is 2.33 bits per heavy atom. The predicted molar refractivity (Wildman–Crippen MR) is 73.3 cm³/mol. The number of rotatable bonds is 7. The number of carbonyl (C=O) groups excluding carboxylic acids is 1. The molecule has 1 aliphatic rings. The molecule has 1 fully saturated rings. The van der Waals surface area contributed by atoms with Gasteiger partial charge in [0.1, 0.15) is 0 Å². The van der Waals surface area contributed by atoms with Crippen molar-refractivity contribution in [2.24, 2.45) is 11.7 Å². The fourth-order valence-corrected chi connectivity index (χ4v) is 2.23. The lowest BCUT2D eigenvalue weighted by atomic mass is 10.0. The molecule has 2 unspecified atom stereocenters. The molecule has 0 bridgehead atoms. The number of hydrogen-bond acceptors (Lipinski definition) is 3. The van der Waals surface area contributed by atoms with Gasteiger partial charge in [0.05, 0.1) is 6.10 Å². The lowest BCUT2D eigenvalue weighted by Gasteiger charge is -2.33. The minimum atomic E-state index is 0.245. The number of carbonyl (C=O) groups is 1. The molecule has 106 valence electrons. The predicted octanol–water partition coefficient (Wildman–Crippen LogP) is 1.78. The van der Waals surface area contributed by atoms with Crippen molar-refractivity contribution in [2.45, 2.75) is 52.1 Å². The van der Waals surface area contributed by atoms with E-state index in [9.17, 15) is 4.79 Å². The van der Waals surface area contributed by atoms with Crippen LogP contribution in [-0.4, -0.2) is 43.2 Å². The van der Waals surface area contributed by atoms with Crippen LogP contribution in [0.4, 0.5) is 0 Å². The lowest BCUT2D eigenvalue weighted by molar-refractivity contribution is -0.135. The maximum Gasteiger partial charge on any atom is 0.222 e. The Morgan fingerprint density at radius 1 is 1.56 bits per heavy atom. The van der Waals surface area contributed by atoms with Crippen LogP contribution in [0.25, 0.3) is 0 Å². The average molecular weight is 256 g/mol. The molecule has 2 atom stereocenters. The standard InChI is InChI=1S/C14H28N2O2/c1-3-9-18-13-5-4-8-16(11-13)14(17)7-6-12(2)10-15/h12-13H,3-11,15H2,1-2H3. The Bertz CT molecular complexity index is 246. The van der Waals surface area contributed by atoms with Crippen molar-refractivity contribution in [1.29, 1.82) is 0 Å². The molecular formula is C14H28N2O2.